The summed E-state index contributed by atoms with van der Waals surface area (Å²) in [7, 11) is 1.60. The first-order valence-corrected chi connectivity index (χ1v) is 10.6. The third-order valence-electron chi connectivity index (χ3n) is 6.60. The van der Waals surface area contributed by atoms with Gasteiger partial charge >= 0.3 is 0 Å². The summed E-state index contributed by atoms with van der Waals surface area (Å²) >= 11 is 0. The van der Waals surface area contributed by atoms with Crippen molar-refractivity contribution in [2.24, 2.45) is 5.92 Å². The molecule has 1 aliphatic heterocycles. The molecule has 160 valence electrons. The summed E-state index contributed by atoms with van der Waals surface area (Å²) in [5.41, 5.74) is 0.962. The van der Waals surface area contributed by atoms with E-state index in [1.54, 1.807) is 31.4 Å². The number of piperidine rings is 1. The van der Waals surface area contributed by atoms with Crippen molar-refractivity contribution in [1.29, 1.82) is 0 Å². The summed E-state index contributed by atoms with van der Waals surface area (Å²) in [4.78, 5) is 14.9. The van der Waals surface area contributed by atoms with E-state index in [0.29, 0.717) is 18.7 Å². The highest BCUT2D eigenvalue weighted by molar-refractivity contribution is 5.92. The molecule has 5 nitrogen and oxygen atoms in total. The number of ether oxygens (including phenoxy) is 1. The number of carbonyl (C=O) groups excluding carboxylic acids is 1. The highest BCUT2D eigenvalue weighted by Gasteiger charge is 2.49. The number of methoxy groups -OCH3 is 1. The third-order valence-corrected chi connectivity index (χ3v) is 6.60. The van der Waals surface area contributed by atoms with E-state index in [1.165, 1.54) is 12.1 Å². The molecule has 1 heterocycles. The number of halogens is 1. The molecule has 0 bridgehead atoms. The molecule has 1 amide bonds. The van der Waals surface area contributed by atoms with Crippen LogP contribution in [0.1, 0.15) is 43.7 Å². The van der Waals surface area contributed by atoms with Crippen LogP contribution in [-0.2, 0) is 4.79 Å². The molecule has 1 aliphatic carbocycles. The van der Waals surface area contributed by atoms with Crippen LogP contribution in [-0.4, -0.2) is 41.7 Å². The minimum absolute atomic E-state index is 0.0410. The van der Waals surface area contributed by atoms with Gasteiger partial charge in [-0.05, 0) is 61.2 Å². The molecule has 2 aromatic rings. The molecule has 0 unspecified atom stereocenters. The summed E-state index contributed by atoms with van der Waals surface area (Å²) in [5.74, 6) is 0.391. The number of carbonyl (C=O) groups is 1. The molecule has 2 N–H and O–H groups in total. The first kappa shape index (κ1) is 20.8. The van der Waals surface area contributed by atoms with E-state index in [-0.39, 0.29) is 30.2 Å². The van der Waals surface area contributed by atoms with E-state index in [4.69, 9.17) is 4.74 Å². The molecule has 0 aromatic heterocycles. The van der Waals surface area contributed by atoms with Gasteiger partial charge in [0.1, 0.15) is 11.6 Å². The van der Waals surface area contributed by atoms with Crippen LogP contribution in [0.4, 0.5) is 10.1 Å². The van der Waals surface area contributed by atoms with Crippen molar-refractivity contribution in [3.63, 3.8) is 0 Å². The molecular formula is C24H29FN2O3. The van der Waals surface area contributed by atoms with Crippen molar-refractivity contribution in [1.82, 2.24) is 4.90 Å². The average molecular weight is 413 g/mol. The molecule has 0 spiro atoms. The maximum Gasteiger partial charge on any atom is 0.238 e. The van der Waals surface area contributed by atoms with E-state index in [9.17, 15) is 14.3 Å². The van der Waals surface area contributed by atoms with E-state index in [2.05, 4.69) is 10.2 Å². The molecule has 0 radical (unpaired) electrons. The second-order valence-electron chi connectivity index (χ2n) is 8.45. The summed E-state index contributed by atoms with van der Waals surface area (Å²) in [6, 6.07) is 13.6. The van der Waals surface area contributed by atoms with Gasteiger partial charge in [0.05, 0.1) is 19.3 Å². The van der Waals surface area contributed by atoms with Gasteiger partial charge in [-0.15, -0.1) is 0 Å². The Labute approximate surface area is 176 Å². The monoisotopic (exact) mass is 412 g/mol. The van der Waals surface area contributed by atoms with Crippen LogP contribution in [0.15, 0.2) is 48.5 Å². The zero-order valence-electron chi connectivity index (χ0n) is 17.3. The number of fused-ring (bicyclic) bond motifs is 1. The summed E-state index contributed by atoms with van der Waals surface area (Å²) in [5, 5.41) is 14.2. The Morgan fingerprint density at radius 1 is 1.17 bits per heavy atom. The van der Waals surface area contributed by atoms with Crippen LogP contribution in [0.3, 0.4) is 0 Å². The fourth-order valence-electron chi connectivity index (χ4n) is 5.08. The third kappa shape index (κ3) is 4.35. The lowest BCUT2D eigenvalue weighted by molar-refractivity contribution is -0.135. The van der Waals surface area contributed by atoms with Crippen LogP contribution < -0.4 is 10.1 Å². The number of likely N-dealkylation sites (tertiary alicyclic amines) is 1. The molecule has 2 fully saturated rings. The second kappa shape index (κ2) is 8.74. The van der Waals surface area contributed by atoms with Crippen LogP contribution in [0.25, 0.3) is 0 Å². The van der Waals surface area contributed by atoms with Gasteiger partial charge in [-0.25, -0.2) is 4.39 Å². The Morgan fingerprint density at radius 2 is 1.90 bits per heavy atom. The van der Waals surface area contributed by atoms with Crippen molar-refractivity contribution in [2.45, 2.75) is 43.7 Å². The van der Waals surface area contributed by atoms with Gasteiger partial charge in [0.15, 0.2) is 0 Å². The first-order chi connectivity index (χ1) is 14.5. The Balaban J connectivity index is 1.53. The number of amides is 1. The molecule has 1 saturated heterocycles. The Hall–Kier alpha value is -2.44. The first-order valence-electron chi connectivity index (χ1n) is 10.6. The summed E-state index contributed by atoms with van der Waals surface area (Å²) < 4.78 is 18.7. The van der Waals surface area contributed by atoms with E-state index in [1.807, 2.05) is 12.1 Å². The van der Waals surface area contributed by atoms with Crippen LogP contribution in [0.5, 0.6) is 5.75 Å². The van der Waals surface area contributed by atoms with Gasteiger partial charge in [0.2, 0.25) is 5.91 Å². The zero-order valence-corrected chi connectivity index (χ0v) is 17.3. The molecule has 30 heavy (non-hydrogen) atoms. The Bertz CT molecular complexity index is 871. The maximum atomic E-state index is 13.5. The SMILES string of the molecule is COc1ccc(NC(=O)CN2CC[C@]3(O)CCCC[C@H]3[C@@H]2c2ccc(F)cc2)cc1. The highest BCUT2D eigenvalue weighted by atomic mass is 19.1. The normalized spacial score (nSPS) is 26.6. The highest BCUT2D eigenvalue weighted by Crippen LogP contribution is 2.49. The van der Waals surface area contributed by atoms with E-state index < -0.39 is 5.60 Å². The fraction of sp³-hybridized carbons (Fsp3) is 0.458. The fourth-order valence-corrected chi connectivity index (χ4v) is 5.08. The number of aliphatic hydroxyl groups is 1. The van der Waals surface area contributed by atoms with E-state index >= 15 is 0 Å². The van der Waals surface area contributed by atoms with Crippen LogP contribution in [0, 0.1) is 11.7 Å². The number of anilines is 1. The number of hydrogen-bond donors (Lipinski definition) is 2. The molecular weight excluding hydrogens is 383 g/mol. The van der Waals surface area contributed by atoms with Crippen molar-refractivity contribution in [2.75, 3.05) is 25.5 Å². The number of nitrogens with one attached hydrogen (secondary N) is 1. The van der Waals surface area contributed by atoms with Gasteiger partial charge < -0.3 is 15.2 Å². The second-order valence-corrected chi connectivity index (χ2v) is 8.45. The Kier molecular flexibility index (Phi) is 6.06. The van der Waals surface area contributed by atoms with Gasteiger partial charge in [0, 0.05) is 24.2 Å². The average Bonchev–Trinajstić information content (AvgIpc) is 2.75. The van der Waals surface area contributed by atoms with Crippen LogP contribution in [0.2, 0.25) is 0 Å². The van der Waals surface area contributed by atoms with Crippen molar-refractivity contribution >= 4 is 11.6 Å². The predicted molar refractivity (Wildman–Crippen MR) is 114 cm³/mol. The predicted octanol–water partition coefficient (Wildman–Crippen LogP) is 4.14. The minimum atomic E-state index is -0.708. The lowest BCUT2D eigenvalue weighted by Gasteiger charge is -2.52. The van der Waals surface area contributed by atoms with E-state index in [0.717, 1.165) is 37.0 Å². The maximum absolute atomic E-state index is 13.5. The lowest BCUT2D eigenvalue weighted by Crippen LogP contribution is -2.56. The molecule has 6 heteroatoms. The zero-order chi connectivity index (χ0) is 21.1. The van der Waals surface area contributed by atoms with Gasteiger partial charge in [0.25, 0.3) is 0 Å². The van der Waals surface area contributed by atoms with Crippen molar-refractivity contribution in [3.8, 4) is 5.75 Å². The lowest BCUT2D eigenvalue weighted by atomic mass is 9.66. The van der Waals surface area contributed by atoms with Crippen molar-refractivity contribution in [3.05, 3.63) is 59.9 Å². The van der Waals surface area contributed by atoms with Gasteiger partial charge in [-0.3, -0.25) is 9.69 Å². The largest absolute Gasteiger partial charge is 0.497 e. The minimum Gasteiger partial charge on any atom is -0.497 e. The topological polar surface area (TPSA) is 61.8 Å². The summed E-state index contributed by atoms with van der Waals surface area (Å²) in [6.45, 7) is 0.853. The van der Waals surface area contributed by atoms with Crippen LogP contribution >= 0.6 is 0 Å². The molecule has 2 aliphatic rings. The van der Waals surface area contributed by atoms with Gasteiger partial charge in [-0.1, -0.05) is 25.0 Å². The smallest absolute Gasteiger partial charge is 0.238 e. The molecule has 2 aromatic carbocycles. The number of hydrogen-bond acceptors (Lipinski definition) is 4. The number of rotatable bonds is 5. The Morgan fingerprint density at radius 3 is 2.60 bits per heavy atom. The number of nitrogens with zero attached hydrogens (tertiary/aromatic N) is 1. The molecule has 1 saturated carbocycles. The number of benzene rings is 2. The standard InChI is InChI=1S/C24H29FN2O3/c1-30-20-11-9-19(10-12-20)26-22(28)16-27-15-14-24(29)13-3-2-4-21(24)23(27)17-5-7-18(25)8-6-17/h5-12,21,23,29H,2-4,13-16H2,1H3,(H,26,28)/t21-,23-,24+/m0/s1. The van der Waals surface area contributed by atoms with Crippen molar-refractivity contribution < 1.29 is 19.0 Å². The van der Waals surface area contributed by atoms with Gasteiger partial charge in [-0.2, -0.15) is 0 Å². The quantitative estimate of drug-likeness (QED) is 0.775. The molecule has 3 atom stereocenters. The molecule has 4 rings (SSSR count). The summed E-state index contributed by atoms with van der Waals surface area (Å²) in [6.07, 6.45) is 4.46.